The standard InChI is InChI=1S/C21H23Cl2N5O5/c22-13-6-5-7-14(23)17(13)18(29)25-16-8-11-28(21(33)26-16)12-15(19(30)31)24-20(32)27-9-3-1-2-4-10-27/h5-8,11,15H,1-4,9-10,12H2,(H,24,32)(H,30,31)(H,25,26,29,33)/t15-/m0/s1. The number of hydrogen-bond donors (Lipinski definition) is 3. The van der Waals surface area contributed by atoms with Crippen LogP contribution in [0.25, 0.3) is 0 Å². The molecule has 3 N–H and O–H groups in total. The SMILES string of the molecule is O=C(Nc1ccn(C[C@H](NC(=O)N2CCCCCC2)C(=O)O)c(=O)n1)c1c(Cl)cccc1Cl. The van der Waals surface area contributed by atoms with Crippen molar-refractivity contribution in [3.8, 4) is 0 Å². The molecule has 2 heterocycles. The monoisotopic (exact) mass is 495 g/mol. The summed E-state index contributed by atoms with van der Waals surface area (Å²) >= 11 is 12.0. The Morgan fingerprint density at radius 3 is 2.27 bits per heavy atom. The fourth-order valence-electron chi connectivity index (χ4n) is 3.43. The van der Waals surface area contributed by atoms with E-state index in [9.17, 15) is 24.3 Å². The van der Waals surface area contributed by atoms with Gasteiger partial charge in [-0.3, -0.25) is 9.36 Å². The highest BCUT2D eigenvalue weighted by molar-refractivity contribution is 6.40. The first-order valence-electron chi connectivity index (χ1n) is 10.4. The van der Waals surface area contributed by atoms with Crippen LogP contribution in [-0.2, 0) is 11.3 Å². The van der Waals surface area contributed by atoms with Gasteiger partial charge in [0.1, 0.15) is 11.9 Å². The van der Waals surface area contributed by atoms with Crippen LogP contribution >= 0.6 is 23.2 Å². The summed E-state index contributed by atoms with van der Waals surface area (Å²) in [7, 11) is 0. The molecular formula is C21H23Cl2N5O5. The third-order valence-corrected chi connectivity index (χ3v) is 5.80. The number of nitrogens with zero attached hydrogens (tertiary/aromatic N) is 3. The molecule has 1 fully saturated rings. The van der Waals surface area contributed by atoms with Crippen molar-refractivity contribution in [2.24, 2.45) is 0 Å². The summed E-state index contributed by atoms with van der Waals surface area (Å²) in [6.45, 7) is 0.790. The summed E-state index contributed by atoms with van der Waals surface area (Å²) in [5.41, 5.74) is -0.762. The zero-order valence-electron chi connectivity index (χ0n) is 17.6. The quantitative estimate of drug-likeness (QED) is 0.563. The number of aliphatic carboxylic acids is 1. The van der Waals surface area contributed by atoms with Gasteiger partial charge in [0.2, 0.25) is 0 Å². The van der Waals surface area contributed by atoms with Crippen LogP contribution in [0.5, 0.6) is 0 Å². The van der Waals surface area contributed by atoms with Gasteiger partial charge in [0.25, 0.3) is 5.91 Å². The lowest BCUT2D eigenvalue weighted by Gasteiger charge is -2.24. The molecule has 3 rings (SSSR count). The van der Waals surface area contributed by atoms with Crippen molar-refractivity contribution in [1.82, 2.24) is 19.8 Å². The molecule has 0 bridgehead atoms. The molecule has 1 atom stereocenters. The molecule has 0 aliphatic carbocycles. The average molecular weight is 496 g/mol. The lowest BCUT2D eigenvalue weighted by atomic mass is 10.2. The van der Waals surface area contributed by atoms with Crippen LogP contribution in [0.2, 0.25) is 10.0 Å². The zero-order chi connectivity index (χ0) is 24.0. The van der Waals surface area contributed by atoms with Gasteiger partial charge in [-0.15, -0.1) is 0 Å². The maximum Gasteiger partial charge on any atom is 0.349 e. The maximum absolute atomic E-state index is 12.5. The second-order valence-corrected chi connectivity index (χ2v) is 8.35. The Bertz CT molecular complexity index is 1080. The number of halogens is 2. The van der Waals surface area contributed by atoms with Gasteiger partial charge in [0, 0.05) is 19.3 Å². The van der Waals surface area contributed by atoms with Gasteiger partial charge in [-0.25, -0.2) is 14.4 Å². The van der Waals surface area contributed by atoms with E-state index in [1.54, 1.807) is 11.0 Å². The Labute approximate surface area is 199 Å². The van der Waals surface area contributed by atoms with Crippen molar-refractivity contribution >= 4 is 46.9 Å². The first-order valence-corrected chi connectivity index (χ1v) is 11.1. The van der Waals surface area contributed by atoms with Crippen LogP contribution in [0.3, 0.4) is 0 Å². The summed E-state index contributed by atoms with van der Waals surface area (Å²) in [6, 6.07) is 4.11. The minimum absolute atomic E-state index is 0.0361. The molecule has 0 radical (unpaired) electrons. The number of rotatable bonds is 6. The van der Waals surface area contributed by atoms with Crippen molar-refractivity contribution in [3.63, 3.8) is 0 Å². The normalized spacial score (nSPS) is 14.8. The third kappa shape index (κ3) is 6.45. The lowest BCUT2D eigenvalue weighted by molar-refractivity contribution is -0.139. The Kier molecular flexibility index (Phi) is 8.29. The molecule has 0 unspecified atom stereocenters. The highest BCUT2D eigenvalue weighted by Gasteiger charge is 2.25. The molecule has 176 valence electrons. The number of nitrogens with one attached hydrogen (secondary N) is 2. The first kappa shape index (κ1) is 24.5. The predicted molar refractivity (Wildman–Crippen MR) is 123 cm³/mol. The van der Waals surface area contributed by atoms with E-state index in [1.807, 2.05) is 0 Å². The molecule has 0 spiro atoms. The van der Waals surface area contributed by atoms with Crippen molar-refractivity contribution in [2.75, 3.05) is 18.4 Å². The van der Waals surface area contributed by atoms with Crippen molar-refractivity contribution in [1.29, 1.82) is 0 Å². The van der Waals surface area contributed by atoms with Gasteiger partial charge in [0.15, 0.2) is 0 Å². The number of urea groups is 1. The van der Waals surface area contributed by atoms with Gasteiger partial charge in [-0.05, 0) is 31.0 Å². The fraction of sp³-hybridized carbons (Fsp3) is 0.381. The van der Waals surface area contributed by atoms with E-state index in [0.717, 1.165) is 30.3 Å². The predicted octanol–water partition coefficient (Wildman–Crippen LogP) is 2.84. The zero-order valence-corrected chi connectivity index (χ0v) is 19.1. The molecule has 1 aromatic carbocycles. The number of carbonyl (C=O) groups is 3. The van der Waals surface area contributed by atoms with E-state index in [2.05, 4.69) is 15.6 Å². The van der Waals surface area contributed by atoms with E-state index in [4.69, 9.17) is 23.2 Å². The Hall–Kier alpha value is -3.11. The number of carboxylic acid groups (broad SMARTS) is 1. The number of carbonyl (C=O) groups excluding carboxylic acids is 2. The van der Waals surface area contributed by atoms with Gasteiger partial charge in [0.05, 0.1) is 22.2 Å². The van der Waals surface area contributed by atoms with Crippen molar-refractivity contribution < 1.29 is 19.5 Å². The van der Waals surface area contributed by atoms with Gasteiger partial charge in [-0.1, -0.05) is 42.1 Å². The van der Waals surface area contributed by atoms with Crippen LogP contribution in [0, 0.1) is 0 Å². The Morgan fingerprint density at radius 2 is 1.70 bits per heavy atom. The number of hydrogen-bond acceptors (Lipinski definition) is 5. The number of aromatic nitrogens is 2. The second kappa shape index (κ2) is 11.2. The molecule has 2 aromatic rings. The third-order valence-electron chi connectivity index (χ3n) is 5.17. The molecule has 0 saturated carbocycles. The number of carboxylic acids is 1. The largest absolute Gasteiger partial charge is 0.480 e. The Morgan fingerprint density at radius 1 is 1.06 bits per heavy atom. The summed E-state index contributed by atoms with van der Waals surface area (Å²) < 4.78 is 1.04. The fourth-order valence-corrected chi connectivity index (χ4v) is 4.00. The number of likely N-dealkylation sites (tertiary alicyclic amines) is 1. The summed E-state index contributed by atoms with van der Waals surface area (Å²) in [5, 5.41) is 14.7. The van der Waals surface area contributed by atoms with Crippen LogP contribution in [0.4, 0.5) is 10.6 Å². The van der Waals surface area contributed by atoms with E-state index in [1.165, 1.54) is 24.4 Å². The molecular weight excluding hydrogens is 473 g/mol. The molecule has 1 aliphatic heterocycles. The van der Waals surface area contributed by atoms with Gasteiger partial charge >= 0.3 is 17.7 Å². The molecule has 33 heavy (non-hydrogen) atoms. The van der Waals surface area contributed by atoms with Crippen LogP contribution < -0.4 is 16.3 Å². The number of anilines is 1. The molecule has 1 aliphatic rings. The van der Waals surface area contributed by atoms with E-state index in [0.29, 0.717) is 13.1 Å². The topological polar surface area (TPSA) is 134 Å². The van der Waals surface area contributed by atoms with Crippen LogP contribution in [0.1, 0.15) is 36.0 Å². The highest BCUT2D eigenvalue weighted by atomic mass is 35.5. The molecule has 3 amide bonds. The lowest BCUT2D eigenvalue weighted by Crippen LogP contribution is -2.50. The molecule has 1 aromatic heterocycles. The van der Waals surface area contributed by atoms with Crippen LogP contribution in [-0.4, -0.2) is 56.6 Å². The summed E-state index contributed by atoms with van der Waals surface area (Å²) in [5.74, 6) is -1.99. The number of benzene rings is 1. The Balaban J connectivity index is 1.69. The summed E-state index contributed by atoms with van der Waals surface area (Å²) in [4.78, 5) is 54.4. The van der Waals surface area contributed by atoms with E-state index < -0.39 is 29.6 Å². The van der Waals surface area contributed by atoms with E-state index >= 15 is 0 Å². The van der Waals surface area contributed by atoms with Crippen molar-refractivity contribution in [3.05, 3.63) is 56.6 Å². The molecule has 10 nitrogen and oxygen atoms in total. The second-order valence-electron chi connectivity index (χ2n) is 7.54. The van der Waals surface area contributed by atoms with Gasteiger partial charge < -0.3 is 20.6 Å². The number of amides is 3. The average Bonchev–Trinajstić information content (AvgIpc) is 3.04. The van der Waals surface area contributed by atoms with Crippen LogP contribution in [0.15, 0.2) is 35.3 Å². The minimum Gasteiger partial charge on any atom is -0.480 e. The van der Waals surface area contributed by atoms with Gasteiger partial charge in [-0.2, -0.15) is 4.98 Å². The minimum atomic E-state index is -1.33. The first-order chi connectivity index (χ1) is 15.8. The van der Waals surface area contributed by atoms with E-state index in [-0.39, 0.29) is 28.0 Å². The smallest absolute Gasteiger partial charge is 0.349 e. The maximum atomic E-state index is 12.5. The van der Waals surface area contributed by atoms with Crippen molar-refractivity contribution in [2.45, 2.75) is 38.3 Å². The molecule has 12 heteroatoms. The highest BCUT2D eigenvalue weighted by Crippen LogP contribution is 2.24. The summed E-state index contributed by atoms with van der Waals surface area (Å²) in [6.07, 6.45) is 5.06. The molecule has 1 saturated heterocycles.